The first-order valence-electron chi connectivity index (χ1n) is 9.08. The zero-order chi connectivity index (χ0) is 23.3. The van der Waals surface area contributed by atoms with Crippen LogP contribution in [0.25, 0.3) is 11.4 Å². The predicted molar refractivity (Wildman–Crippen MR) is 113 cm³/mol. The average molecular weight is 463 g/mol. The summed E-state index contributed by atoms with van der Waals surface area (Å²) in [6.07, 6.45) is -3.01. The summed E-state index contributed by atoms with van der Waals surface area (Å²) in [6.45, 7) is 3.96. The Labute approximate surface area is 184 Å². The van der Waals surface area contributed by atoms with Crippen molar-refractivity contribution >= 4 is 29.0 Å². The standard InChI is InChI=1S/C20H16F3N5O3S/c1-2-11-27-18(13-7-9-14(10-8-13)28(30)31)25-26-19(27)32-12-17(29)24-16-6-4-3-5-15(16)20(21,22)23/h2-10H,1,11-12H2,(H,24,29). The number of carbonyl (C=O) groups excluding carboxylic acids is 1. The second kappa shape index (κ2) is 9.64. The fourth-order valence-corrected chi connectivity index (χ4v) is 3.54. The summed E-state index contributed by atoms with van der Waals surface area (Å²) in [5.41, 5.74) is -0.771. The second-order valence-electron chi connectivity index (χ2n) is 6.39. The molecule has 0 unspecified atom stereocenters. The van der Waals surface area contributed by atoms with Crippen LogP contribution in [0.5, 0.6) is 0 Å². The Morgan fingerprint density at radius 3 is 2.50 bits per heavy atom. The molecule has 12 heteroatoms. The maximum absolute atomic E-state index is 13.1. The van der Waals surface area contributed by atoms with Crippen molar-refractivity contribution in [2.45, 2.75) is 17.9 Å². The van der Waals surface area contributed by atoms with Crippen LogP contribution in [0.4, 0.5) is 24.5 Å². The van der Waals surface area contributed by atoms with E-state index in [2.05, 4.69) is 22.1 Å². The zero-order valence-corrected chi connectivity index (χ0v) is 17.2. The van der Waals surface area contributed by atoms with Gasteiger partial charge in [-0.15, -0.1) is 16.8 Å². The van der Waals surface area contributed by atoms with E-state index < -0.39 is 22.6 Å². The third-order valence-electron chi connectivity index (χ3n) is 4.20. The summed E-state index contributed by atoms with van der Waals surface area (Å²) in [6, 6.07) is 10.4. The quantitative estimate of drug-likeness (QED) is 0.223. The lowest BCUT2D eigenvalue weighted by atomic mass is 10.1. The topological polar surface area (TPSA) is 103 Å². The van der Waals surface area contributed by atoms with Gasteiger partial charge < -0.3 is 5.32 Å². The summed E-state index contributed by atoms with van der Waals surface area (Å²) in [5.74, 6) is -0.441. The molecule has 3 rings (SSSR count). The monoisotopic (exact) mass is 463 g/mol. The lowest BCUT2D eigenvalue weighted by molar-refractivity contribution is -0.384. The van der Waals surface area contributed by atoms with Crippen molar-refractivity contribution in [3.63, 3.8) is 0 Å². The molecule has 1 amide bonds. The van der Waals surface area contributed by atoms with E-state index in [-0.39, 0.29) is 17.1 Å². The summed E-state index contributed by atoms with van der Waals surface area (Å²) >= 11 is 0.991. The van der Waals surface area contributed by atoms with Crippen molar-refractivity contribution in [1.29, 1.82) is 0 Å². The van der Waals surface area contributed by atoms with Gasteiger partial charge in [-0.3, -0.25) is 19.5 Å². The van der Waals surface area contributed by atoms with Gasteiger partial charge in [-0.05, 0) is 24.3 Å². The Bertz CT molecular complexity index is 1150. The number of amides is 1. The first-order valence-corrected chi connectivity index (χ1v) is 10.1. The molecular weight excluding hydrogens is 447 g/mol. The minimum Gasteiger partial charge on any atom is -0.325 e. The lowest BCUT2D eigenvalue weighted by Crippen LogP contribution is -2.18. The molecule has 8 nitrogen and oxygen atoms in total. The maximum atomic E-state index is 13.1. The van der Waals surface area contributed by atoms with Crippen LogP contribution < -0.4 is 5.32 Å². The molecule has 0 aliphatic carbocycles. The Morgan fingerprint density at radius 1 is 1.19 bits per heavy atom. The molecule has 0 radical (unpaired) electrons. The van der Waals surface area contributed by atoms with Crippen LogP contribution in [0.3, 0.4) is 0 Å². The van der Waals surface area contributed by atoms with Gasteiger partial charge in [-0.1, -0.05) is 30.0 Å². The Morgan fingerprint density at radius 2 is 1.88 bits per heavy atom. The number of nitro benzene ring substituents is 1. The van der Waals surface area contributed by atoms with E-state index in [0.29, 0.717) is 23.1 Å². The number of carbonyl (C=O) groups is 1. The SMILES string of the molecule is C=CCn1c(SCC(=O)Nc2ccccc2C(F)(F)F)nnc1-c1ccc([N+](=O)[O-])cc1. The fraction of sp³-hybridized carbons (Fsp3) is 0.150. The number of nitro groups is 1. The first kappa shape index (κ1) is 23.0. The van der Waals surface area contributed by atoms with Crippen molar-refractivity contribution in [1.82, 2.24) is 14.8 Å². The van der Waals surface area contributed by atoms with E-state index in [9.17, 15) is 28.1 Å². The number of hydrogen-bond acceptors (Lipinski definition) is 6. The molecule has 32 heavy (non-hydrogen) atoms. The largest absolute Gasteiger partial charge is 0.418 e. The van der Waals surface area contributed by atoms with Crippen molar-refractivity contribution in [2.24, 2.45) is 0 Å². The molecule has 0 spiro atoms. The highest BCUT2D eigenvalue weighted by molar-refractivity contribution is 7.99. The molecule has 2 aromatic carbocycles. The Balaban J connectivity index is 1.75. The molecular formula is C20H16F3N5O3S. The summed E-state index contributed by atoms with van der Waals surface area (Å²) in [7, 11) is 0. The minimum atomic E-state index is -4.60. The number of non-ortho nitro benzene ring substituents is 1. The second-order valence-corrected chi connectivity index (χ2v) is 7.33. The van der Waals surface area contributed by atoms with Gasteiger partial charge in [0.25, 0.3) is 5.69 Å². The van der Waals surface area contributed by atoms with E-state index in [1.54, 1.807) is 10.6 Å². The van der Waals surface area contributed by atoms with E-state index in [1.807, 2.05) is 0 Å². The molecule has 0 saturated heterocycles. The number of halogens is 3. The number of thioether (sulfide) groups is 1. The fourth-order valence-electron chi connectivity index (χ4n) is 2.79. The van der Waals surface area contributed by atoms with E-state index in [4.69, 9.17) is 0 Å². The van der Waals surface area contributed by atoms with Crippen molar-refractivity contribution < 1.29 is 22.9 Å². The first-order chi connectivity index (χ1) is 15.2. The van der Waals surface area contributed by atoms with E-state index in [0.717, 1.165) is 17.8 Å². The van der Waals surface area contributed by atoms with E-state index >= 15 is 0 Å². The number of hydrogen-bond donors (Lipinski definition) is 1. The average Bonchev–Trinajstić information content (AvgIpc) is 3.15. The molecule has 1 aromatic heterocycles. The van der Waals surface area contributed by atoms with E-state index in [1.165, 1.54) is 42.5 Å². The molecule has 0 saturated carbocycles. The third-order valence-corrected chi connectivity index (χ3v) is 5.17. The van der Waals surface area contributed by atoms with Gasteiger partial charge in [-0.25, -0.2) is 0 Å². The highest BCUT2D eigenvalue weighted by atomic mass is 32.2. The summed E-state index contributed by atoms with van der Waals surface area (Å²) in [5, 5.41) is 21.6. The highest BCUT2D eigenvalue weighted by Crippen LogP contribution is 2.34. The molecule has 0 fully saturated rings. The molecule has 0 aliphatic rings. The smallest absolute Gasteiger partial charge is 0.325 e. The van der Waals surface area contributed by atoms with Gasteiger partial charge in [0.15, 0.2) is 11.0 Å². The van der Waals surface area contributed by atoms with Crippen LogP contribution in [0.1, 0.15) is 5.56 Å². The van der Waals surface area contributed by atoms with Gasteiger partial charge in [0.05, 0.1) is 21.9 Å². The third kappa shape index (κ3) is 5.32. The summed E-state index contributed by atoms with van der Waals surface area (Å²) < 4.78 is 40.9. The maximum Gasteiger partial charge on any atom is 0.418 e. The molecule has 0 atom stereocenters. The predicted octanol–water partition coefficient (Wildman–Crippen LogP) is 4.79. The van der Waals surface area contributed by atoms with Crippen LogP contribution in [-0.4, -0.2) is 31.3 Å². The number of anilines is 1. The van der Waals surface area contributed by atoms with Gasteiger partial charge >= 0.3 is 6.18 Å². The number of para-hydroxylation sites is 1. The zero-order valence-electron chi connectivity index (χ0n) is 16.4. The molecule has 3 aromatic rings. The number of allylic oxidation sites excluding steroid dienone is 1. The normalized spacial score (nSPS) is 11.2. The van der Waals surface area contributed by atoms with Gasteiger partial charge in [0.1, 0.15) is 0 Å². The molecule has 166 valence electrons. The van der Waals surface area contributed by atoms with Crippen LogP contribution in [0.15, 0.2) is 66.3 Å². The number of alkyl halides is 3. The van der Waals surface area contributed by atoms with Crippen LogP contribution in [-0.2, 0) is 17.5 Å². The highest BCUT2D eigenvalue weighted by Gasteiger charge is 2.33. The van der Waals surface area contributed by atoms with Crippen molar-refractivity contribution in [3.8, 4) is 11.4 Å². The van der Waals surface area contributed by atoms with Gasteiger partial charge in [0.2, 0.25) is 5.91 Å². The number of nitrogens with one attached hydrogen (secondary N) is 1. The minimum absolute atomic E-state index is 0.0751. The number of aromatic nitrogens is 3. The van der Waals surface area contributed by atoms with Crippen LogP contribution in [0.2, 0.25) is 0 Å². The van der Waals surface area contributed by atoms with Gasteiger partial charge in [-0.2, -0.15) is 13.2 Å². The van der Waals surface area contributed by atoms with Gasteiger partial charge in [0, 0.05) is 24.2 Å². The number of benzene rings is 2. The Kier molecular flexibility index (Phi) is 6.93. The number of nitrogens with zero attached hydrogens (tertiary/aromatic N) is 4. The summed E-state index contributed by atoms with van der Waals surface area (Å²) in [4.78, 5) is 22.6. The lowest BCUT2D eigenvalue weighted by Gasteiger charge is -2.13. The Hall–Kier alpha value is -3.67. The molecule has 1 heterocycles. The van der Waals surface area contributed by atoms with Crippen molar-refractivity contribution in [3.05, 3.63) is 76.9 Å². The number of rotatable bonds is 8. The molecule has 0 bridgehead atoms. The van der Waals surface area contributed by atoms with Crippen molar-refractivity contribution in [2.75, 3.05) is 11.1 Å². The van der Waals surface area contributed by atoms with Crippen LogP contribution in [0, 0.1) is 10.1 Å². The molecule has 1 N–H and O–H groups in total. The van der Waals surface area contributed by atoms with Crippen LogP contribution >= 0.6 is 11.8 Å². The molecule has 0 aliphatic heterocycles.